The Kier molecular flexibility index (Phi) is 9.69. The van der Waals surface area contributed by atoms with E-state index in [-0.39, 0.29) is 17.3 Å². The Hall–Kier alpha value is -3.65. The minimum absolute atomic E-state index is 0.0932. The van der Waals surface area contributed by atoms with Crippen LogP contribution in [0.15, 0.2) is 77.7 Å². The lowest BCUT2D eigenvalue weighted by Crippen LogP contribution is -2.51. The molecule has 0 spiro atoms. The molecule has 3 rings (SSSR count). The molecule has 3 aromatic rings. The van der Waals surface area contributed by atoms with Crippen LogP contribution < -0.4 is 9.62 Å². The summed E-state index contributed by atoms with van der Waals surface area (Å²) in [7, 11) is -4.07. The molecule has 1 atom stereocenters. The number of anilines is 1. The lowest BCUT2D eigenvalue weighted by molar-refractivity contribution is -0.139. The average Bonchev–Trinajstić information content (AvgIpc) is 2.90. The van der Waals surface area contributed by atoms with Gasteiger partial charge in [-0.25, -0.2) is 8.42 Å². The maximum Gasteiger partial charge on any atom is 0.264 e. The van der Waals surface area contributed by atoms with Gasteiger partial charge in [0.15, 0.2) is 0 Å². The van der Waals surface area contributed by atoms with E-state index in [2.05, 4.69) is 5.32 Å². The molecule has 0 aromatic heterocycles. The van der Waals surface area contributed by atoms with Crippen molar-refractivity contribution < 1.29 is 18.0 Å². The fraction of sp³-hybridized carbons (Fsp3) is 0.333. The lowest BCUT2D eigenvalue weighted by atomic mass is 10.1. The molecular weight excluding hydrogens is 498 g/mol. The third kappa shape index (κ3) is 7.01. The summed E-state index contributed by atoms with van der Waals surface area (Å²) < 4.78 is 28.8. The van der Waals surface area contributed by atoms with E-state index in [0.29, 0.717) is 12.2 Å². The maximum absolute atomic E-state index is 13.9. The minimum Gasteiger partial charge on any atom is -0.354 e. The predicted octanol–water partition coefficient (Wildman–Crippen LogP) is 4.75. The summed E-state index contributed by atoms with van der Waals surface area (Å²) in [5, 5.41) is 2.86. The van der Waals surface area contributed by atoms with Crippen LogP contribution in [0.4, 0.5) is 5.69 Å². The maximum atomic E-state index is 13.9. The van der Waals surface area contributed by atoms with Crippen molar-refractivity contribution in [3.8, 4) is 0 Å². The number of hydrogen-bond donors (Lipinski definition) is 1. The monoisotopic (exact) mass is 535 g/mol. The Morgan fingerprint density at radius 3 is 2.03 bits per heavy atom. The summed E-state index contributed by atoms with van der Waals surface area (Å²) in [6, 6.07) is 20.4. The van der Waals surface area contributed by atoms with Gasteiger partial charge in [-0.1, -0.05) is 66.6 Å². The largest absolute Gasteiger partial charge is 0.354 e. The van der Waals surface area contributed by atoms with Crippen LogP contribution in [0.3, 0.4) is 0 Å². The highest BCUT2D eigenvalue weighted by molar-refractivity contribution is 7.92. The Bertz CT molecular complexity index is 1350. The van der Waals surface area contributed by atoms with Crippen molar-refractivity contribution in [1.29, 1.82) is 0 Å². The smallest absolute Gasteiger partial charge is 0.264 e. The molecule has 0 saturated carbocycles. The normalized spacial score (nSPS) is 12.0. The van der Waals surface area contributed by atoms with Gasteiger partial charge in [-0.05, 0) is 69.5 Å². The van der Waals surface area contributed by atoms with Gasteiger partial charge < -0.3 is 10.2 Å². The van der Waals surface area contributed by atoms with E-state index < -0.39 is 28.5 Å². The third-order valence-electron chi connectivity index (χ3n) is 6.53. The number of nitrogens with zero attached hydrogens (tertiary/aromatic N) is 2. The molecule has 0 fully saturated rings. The van der Waals surface area contributed by atoms with Crippen LogP contribution in [-0.2, 0) is 26.2 Å². The van der Waals surface area contributed by atoms with Crippen LogP contribution in [0, 0.1) is 20.8 Å². The predicted molar refractivity (Wildman–Crippen MR) is 151 cm³/mol. The second kappa shape index (κ2) is 12.7. The number of carbonyl (C=O) groups is 2. The van der Waals surface area contributed by atoms with Crippen molar-refractivity contribution >= 4 is 27.5 Å². The van der Waals surface area contributed by atoms with Gasteiger partial charge in [0.25, 0.3) is 10.0 Å². The molecule has 0 radical (unpaired) electrons. The second-order valence-corrected chi connectivity index (χ2v) is 11.4. The molecule has 0 unspecified atom stereocenters. The molecule has 8 heteroatoms. The molecule has 0 bridgehead atoms. The van der Waals surface area contributed by atoms with Crippen molar-refractivity contribution in [2.24, 2.45) is 0 Å². The first-order valence-corrected chi connectivity index (χ1v) is 14.3. The summed E-state index contributed by atoms with van der Waals surface area (Å²) in [5.41, 5.74) is 4.14. The molecule has 0 aliphatic carbocycles. The van der Waals surface area contributed by atoms with Crippen LogP contribution >= 0.6 is 0 Å². The third-order valence-corrected chi connectivity index (χ3v) is 8.32. The van der Waals surface area contributed by atoms with Gasteiger partial charge >= 0.3 is 0 Å². The molecule has 3 aromatic carbocycles. The number of hydrogen-bond acceptors (Lipinski definition) is 4. The van der Waals surface area contributed by atoms with Crippen LogP contribution in [0.5, 0.6) is 0 Å². The van der Waals surface area contributed by atoms with E-state index in [0.717, 1.165) is 33.0 Å². The van der Waals surface area contributed by atoms with E-state index in [1.165, 1.54) is 4.90 Å². The number of carbonyl (C=O) groups excluding carboxylic acids is 2. The minimum atomic E-state index is -4.07. The van der Waals surface area contributed by atoms with E-state index in [4.69, 9.17) is 0 Å². The number of rotatable bonds is 11. The van der Waals surface area contributed by atoms with Crippen LogP contribution in [0.2, 0.25) is 0 Å². The highest BCUT2D eigenvalue weighted by atomic mass is 32.2. The summed E-state index contributed by atoms with van der Waals surface area (Å²) in [5.74, 6) is -0.749. The Morgan fingerprint density at radius 2 is 1.45 bits per heavy atom. The average molecular weight is 536 g/mol. The Labute approximate surface area is 226 Å². The van der Waals surface area contributed by atoms with Gasteiger partial charge in [-0.2, -0.15) is 0 Å². The van der Waals surface area contributed by atoms with E-state index in [9.17, 15) is 18.0 Å². The first-order chi connectivity index (χ1) is 18.0. The number of sulfonamides is 1. The zero-order chi connectivity index (χ0) is 27.9. The molecule has 0 heterocycles. The quantitative estimate of drug-likeness (QED) is 0.384. The van der Waals surface area contributed by atoms with Gasteiger partial charge in [0.2, 0.25) is 11.8 Å². The Balaban J connectivity index is 2.02. The fourth-order valence-electron chi connectivity index (χ4n) is 4.03. The molecule has 0 aliphatic heterocycles. The van der Waals surface area contributed by atoms with Crippen molar-refractivity contribution in [3.63, 3.8) is 0 Å². The van der Waals surface area contributed by atoms with Crippen molar-refractivity contribution in [2.75, 3.05) is 17.4 Å². The summed E-state index contributed by atoms with van der Waals surface area (Å²) in [6.45, 7) is 9.59. The SMILES string of the molecule is CCCNC(=O)[C@H](C)N(Cc1ccccc1C)C(=O)CN(c1ccc(C)cc1)S(=O)(=O)c1ccc(C)cc1. The van der Waals surface area contributed by atoms with Gasteiger partial charge in [-0.3, -0.25) is 13.9 Å². The Morgan fingerprint density at radius 1 is 0.868 bits per heavy atom. The van der Waals surface area contributed by atoms with Crippen LogP contribution in [-0.4, -0.2) is 44.3 Å². The molecule has 0 saturated heterocycles. The molecule has 2 amide bonds. The van der Waals surface area contributed by atoms with Gasteiger partial charge in [0.1, 0.15) is 12.6 Å². The van der Waals surface area contributed by atoms with Crippen molar-refractivity contribution in [3.05, 3.63) is 95.1 Å². The highest BCUT2D eigenvalue weighted by Crippen LogP contribution is 2.25. The molecular formula is C30H37N3O4S. The summed E-state index contributed by atoms with van der Waals surface area (Å²) in [4.78, 5) is 28.4. The topological polar surface area (TPSA) is 86.8 Å². The first kappa shape index (κ1) is 28.9. The van der Waals surface area contributed by atoms with Crippen molar-refractivity contribution in [1.82, 2.24) is 10.2 Å². The van der Waals surface area contributed by atoms with Gasteiger partial charge in [0, 0.05) is 13.1 Å². The molecule has 7 nitrogen and oxygen atoms in total. The summed E-state index contributed by atoms with van der Waals surface area (Å²) >= 11 is 0. The number of amides is 2. The number of aryl methyl sites for hydroxylation is 3. The first-order valence-electron chi connectivity index (χ1n) is 12.8. The standard InChI is InChI=1S/C30H37N3O4S/c1-6-19-31-30(35)25(5)32(20-26-10-8-7-9-24(26)4)29(34)21-33(27-15-11-22(2)12-16-27)38(36,37)28-17-13-23(3)14-18-28/h7-18,25H,6,19-21H2,1-5H3,(H,31,35)/t25-/m0/s1. The van der Waals surface area contributed by atoms with E-state index in [1.807, 2.05) is 64.1 Å². The van der Waals surface area contributed by atoms with Gasteiger partial charge in [-0.15, -0.1) is 0 Å². The molecule has 1 N–H and O–H groups in total. The van der Waals surface area contributed by atoms with Crippen LogP contribution in [0.25, 0.3) is 0 Å². The lowest BCUT2D eigenvalue weighted by Gasteiger charge is -2.32. The highest BCUT2D eigenvalue weighted by Gasteiger charge is 2.32. The summed E-state index contributed by atoms with van der Waals surface area (Å²) in [6.07, 6.45) is 0.764. The van der Waals surface area contributed by atoms with E-state index in [1.54, 1.807) is 43.3 Å². The van der Waals surface area contributed by atoms with Gasteiger partial charge in [0.05, 0.1) is 10.6 Å². The molecule has 0 aliphatic rings. The molecule has 38 heavy (non-hydrogen) atoms. The number of nitrogens with one attached hydrogen (secondary N) is 1. The fourth-order valence-corrected chi connectivity index (χ4v) is 5.44. The van der Waals surface area contributed by atoms with E-state index >= 15 is 0 Å². The van der Waals surface area contributed by atoms with Crippen LogP contribution in [0.1, 0.15) is 42.5 Å². The van der Waals surface area contributed by atoms with Crippen molar-refractivity contribution in [2.45, 2.75) is 58.5 Å². The zero-order valence-corrected chi connectivity index (χ0v) is 23.6. The number of benzene rings is 3. The molecule has 202 valence electrons. The second-order valence-electron chi connectivity index (χ2n) is 9.58. The zero-order valence-electron chi connectivity index (χ0n) is 22.8.